The van der Waals surface area contributed by atoms with Gasteiger partial charge in [-0.2, -0.15) is 5.10 Å². The highest BCUT2D eigenvalue weighted by atomic mass is 15.4. The average molecular weight is 275 g/mol. The molecule has 0 amide bonds. The summed E-state index contributed by atoms with van der Waals surface area (Å²) in [7, 11) is 0. The van der Waals surface area contributed by atoms with E-state index in [2.05, 4.69) is 28.5 Å². The van der Waals surface area contributed by atoms with Crippen molar-refractivity contribution < 1.29 is 0 Å². The van der Waals surface area contributed by atoms with Crippen LogP contribution in [-0.4, -0.2) is 19.3 Å². The van der Waals surface area contributed by atoms with E-state index in [1.165, 1.54) is 32.1 Å². The summed E-state index contributed by atoms with van der Waals surface area (Å²) in [4.78, 5) is 4.54. The van der Waals surface area contributed by atoms with Crippen molar-refractivity contribution in [3.8, 4) is 0 Å². The summed E-state index contributed by atoms with van der Waals surface area (Å²) in [6.07, 6.45) is 6.60. The zero-order chi connectivity index (χ0) is 14.3. The Bertz CT molecular complexity index is 616. The highest BCUT2D eigenvalue weighted by Crippen LogP contribution is 2.38. The Morgan fingerprint density at radius 3 is 2.60 bits per heavy atom. The number of rotatable bonds is 3. The Labute approximate surface area is 120 Å². The fourth-order valence-corrected chi connectivity index (χ4v) is 3.56. The number of aromatic nitrogens is 4. The molecule has 1 saturated carbocycles. The minimum absolute atomic E-state index is 0.344. The van der Waals surface area contributed by atoms with Crippen LogP contribution in [0.1, 0.15) is 51.6 Å². The first-order chi connectivity index (χ1) is 9.54. The minimum Gasteiger partial charge on any atom is -0.369 e. The molecular weight excluding hydrogens is 250 g/mol. The first-order valence-electron chi connectivity index (χ1n) is 7.73. The maximum Gasteiger partial charge on any atom is 0.202 e. The molecule has 5 nitrogen and oxygen atoms in total. The Morgan fingerprint density at radius 1 is 1.25 bits per heavy atom. The molecule has 2 N–H and O–H groups in total. The maximum absolute atomic E-state index is 6.18. The van der Waals surface area contributed by atoms with Gasteiger partial charge in [0, 0.05) is 13.1 Å². The molecular formula is C15H25N5. The lowest BCUT2D eigenvalue weighted by Gasteiger charge is -2.34. The molecule has 1 fully saturated rings. The zero-order valence-electron chi connectivity index (χ0n) is 12.8. The standard InChI is InChI=1S/C15H25N5/c1-4-20-13-12(11(2)18-20)17-14(16)19(13)10-15(3)8-6-5-7-9-15/h4-10H2,1-3H3,(H2,16,17). The highest BCUT2D eigenvalue weighted by molar-refractivity contribution is 5.77. The molecule has 1 aliphatic rings. The molecule has 0 unspecified atom stereocenters. The number of imidazole rings is 1. The van der Waals surface area contributed by atoms with E-state index < -0.39 is 0 Å². The van der Waals surface area contributed by atoms with Crippen molar-refractivity contribution in [3.05, 3.63) is 5.69 Å². The van der Waals surface area contributed by atoms with Gasteiger partial charge >= 0.3 is 0 Å². The van der Waals surface area contributed by atoms with Crippen LogP contribution in [0, 0.1) is 12.3 Å². The van der Waals surface area contributed by atoms with E-state index in [0.29, 0.717) is 11.4 Å². The van der Waals surface area contributed by atoms with Crippen LogP contribution >= 0.6 is 0 Å². The average Bonchev–Trinajstić information content (AvgIpc) is 2.89. The lowest BCUT2D eigenvalue weighted by atomic mass is 9.75. The predicted molar refractivity (Wildman–Crippen MR) is 81.5 cm³/mol. The van der Waals surface area contributed by atoms with Crippen molar-refractivity contribution in [3.63, 3.8) is 0 Å². The Balaban J connectivity index is 2.04. The number of hydrogen-bond donors (Lipinski definition) is 1. The molecule has 0 radical (unpaired) electrons. The quantitative estimate of drug-likeness (QED) is 0.936. The maximum atomic E-state index is 6.18. The highest BCUT2D eigenvalue weighted by Gasteiger charge is 2.29. The van der Waals surface area contributed by atoms with Gasteiger partial charge in [0.15, 0.2) is 5.65 Å². The van der Waals surface area contributed by atoms with Gasteiger partial charge in [0.25, 0.3) is 0 Å². The summed E-state index contributed by atoms with van der Waals surface area (Å²) in [6.45, 7) is 8.32. The second-order valence-electron chi connectivity index (χ2n) is 6.50. The third-order valence-corrected chi connectivity index (χ3v) is 4.73. The number of nitrogen functional groups attached to an aromatic ring is 1. The van der Waals surface area contributed by atoms with Crippen LogP contribution < -0.4 is 5.73 Å². The SMILES string of the molecule is CCn1nc(C)c2nc(N)n(CC3(C)CCCCC3)c21. The summed E-state index contributed by atoms with van der Waals surface area (Å²) in [6, 6.07) is 0. The van der Waals surface area contributed by atoms with Gasteiger partial charge in [-0.25, -0.2) is 9.67 Å². The molecule has 1 aliphatic carbocycles. The molecule has 0 spiro atoms. The van der Waals surface area contributed by atoms with Gasteiger partial charge < -0.3 is 5.73 Å². The van der Waals surface area contributed by atoms with Gasteiger partial charge in [-0.3, -0.25) is 4.57 Å². The first kappa shape index (κ1) is 13.5. The molecule has 0 aromatic carbocycles. The lowest BCUT2D eigenvalue weighted by molar-refractivity contribution is 0.185. The summed E-state index contributed by atoms with van der Waals surface area (Å²) < 4.78 is 4.21. The van der Waals surface area contributed by atoms with E-state index in [1.54, 1.807) is 0 Å². The van der Waals surface area contributed by atoms with E-state index in [0.717, 1.165) is 29.9 Å². The van der Waals surface area contributed by atoms with Crippen molar-refractivity contribution in [2.75, 3.05) is 5.73 Å². The van der Waals surface area contributed by atoms with Crippen molar-refractivity contribution in [1.82, 2.24) is 19.3 Å². The number of fused-ring (bicyclic) bond motifs is 1. The summed E-state index contributed by atoms with van der Waals surface area (Å²) >= 11 is 0. The molecule has 20 heavy (non-hydrogen) atoms. The fourth-order valence-electron chi connectivity index (χ4n) is 3.56. The van der Waals surface area contributed by atoms with Gasteiger partial charge in [0.05, 0.1) is 5.69 Å². The predicted octanol–water partition coefficient (Wildman–Crippen LogP) is 3.11. The van der Waals surface area contributed by atoms with E-state index in [4.69, 9.17) is 5.73 Å². The van der Waals surface area contributed by atoms with Gasteiger partial charge in [0.1, 0.15) is 5.52 Å². The number of aryl methyl sites for hydroxylation is 2. The van der Waals surface area contributed by atoms with Crippen LogP contribution in [0.2, 0.25) is 0 Å². The Hall–Kier alpha value is -1.52. The van der Waals surface area contributed by atoms with E-state index in [9.17, 15) is 0 Å². The Kier molecular flexibility index (Phi) is 3.22. The van der Waals surface area contributed by atoms with Gasteiger partial charge in [0.2, 0.25) is 5.95 Å². The second-order valence-corrected chi connectivity index (χ2v) is 6.50. The molecule has 2 aromatic heterocycles. The molecule has 3 rings (SSSR count). The molecule has 2 aromatic rings. The molecule has 0 saturated heterocycles. The second kappa shape index (κ2) is 4.79. The van der Waals surface area contributed by atoms with Crippen LogP contribution in [0.3, 0.4) is 0 Å². The molecule has 0 atom stereocenters. The normalized spacial score (nSPS) is 18.8. The summed E-state index contributed by atoms with van der Waals surface area (Å²) in [5.41, 5.74) is 9.55. The lowest BCUT2D eigenvalue weighted by Crippen LogP contribution is -2.27. The number of nitrogens with two attached hydrogens (primary N) is 1. The fraction of sp³-hybridized carbons (Fsp3) is 0.733. The largest absolute Gasteiger partial charge is 0.369 e. The smallest absolute Gasteiger partial charge is 0.202 e. The van der Waals surface area contributed by atoms with Gasteiger partial charge in [-0.15, -0.1) is 0 Å². The van der Waals surface area contributed by atoms with Crippen molar-refractivity contribution >= 4 is 17.1 Å². The molecule has 2 heterocycles. The number of anilines is 1. The van der Waals surface area contributed by atoms with Crippen LogP contribution in [0.15, 0.2) is 0 Å². The van der Waals surface area contributed by atoms with Crippen molar-refractivity contribution in [2.24, 2.45) is 5.41 Å². The summed E-state index contributed by atoms with van der Waals surface area (Å²) in [5, 5.41) is 4.56. The van der Waals surface area contributed by atoms with Gasteiger partial charge in [-0.1, -0.05) is 26.2 Å². The minimum atomic E-state index is 0.344. The molecule has 110 valence electrons. The van der Waals surface area contributed by atoms with Crippen LogP contribution in [0.5, 0.6) is 0 Å². The van der Waals surface area contributed by atoms with Crippen LogP contribution in [-0.2, 0) is 13.1 Å². The molecule has 0 bridgehead atoms. The Morgan fingerprint density at radius 2 is 1.95 bits per heavy atom. The number of nitrogens with zero attached hydrogens (tertiary/aromatic N) is 4. The van der Waals surface area contributed by atoms with E-state index >= 15 is 0 Å². The summed E-state index contributed by atoms with van der Waals surface area (Å²) in [5.74, 6) is 0.634. The topological polar surface area (TPSA) is 61.7 Å². The van der Waals surface area contributed by atoms with E-state index in [-0.39, 0.29) is 0 Å². The van der Waals surface area contributed by atoms with Crippen molar-refractivity contribution in [2.45, 2.75) is 66.0 Å². The third kappa shape index (κ3) is 2.09. The van der Waals surface area contributed by atoms with Gasteiger partial charge in [-0.05, 0) is 32.1 Å². The molecule has 5 heteroatoms. The van der Waals surface area contributed by atoms with Crippen LogP contribution in [0.4, 0.5) is 5.95 Å². The number of hydrogen-bond acceptors (Lipinski definition) is 3. The first-order valence-corrected chi connectivity index (χ1v) is 7.73. The monoisotopic (exact) mass is 275 g/mol. The van der Waals surface area contributed by atoms with Crippen molar-refractivity contribution in [1.29, 1.82) is 0 Å². The van der Waals surface area contributed by atoms with E-state index in [1.807, 2.05) is 11.6 Å². The zero-order valence-corrected chi connectivity index (χ0v) is 12.8. The molecule has 0 aliphatic heterocycles. The third-order valence-electron chi connectivity index (χ3n) is 4.73. The van der Waals surface area contributed by atoms with Crippen LogP contribution in [0.25, 0.3) is 11.2 Å².